The number of rotatable bonds is 11. The third kappa shape index (κ3) is 5.88. The average Bonchev–Trinajstić information content (AvgIpc) is 3.19. The minimum Gasteiger partial charge on any atom is -0.303 e. The number of nitro groups is 1. The number of hydrogen-bond donors (Lipinski definition) is 0. The van der Waals surface area contributed by atoms with Crippen molar-refractivity contribution in [3.8, 4) is 0 Å². The van der Waals surface area contributed by atoms with Gasteiger partial charge < -0.3 is 4.79 Å². The summed E-state index contributed by atoms with van der Waals surface area (Å²) in [4.78, 5) is 23.6. The van der Waals surface area contributed by atoms with Crippen molar-refractivity contribution in [2.75, 3.05) is 6.54 Å². The molecule has 0 amide bonds. The van der Waals surface area contributed by atoms with Gasteiger partial charge in [0.1, 0.15) is 6.29 Å². The number of fused-ring (bicyclic) bond motifs is 1. The molecule has 0 aliphatic rings. The highest BCUT2D eigenvalue weighted by Gasteiger charge is 2.35. The van der Waals surface area contributed by atoms with Gasteiger partial charge in [-0.15, -0.1) is 0 Å². The summed E-state index contributed by atoms with van der Waals surface area (Å²) < 4.78 is 28.3. The fourth-order valence-corrected chi connectivity index (χ4v) is 5.91. The summed E-state index contributed by atoms with van der Waals surface area (Å²) in [6, 6.07) is 13.5. The smallest absolute Gasteiger partial charge is 0.268 e. The first kappa shape index (κ1) is 26.3. The van der Waals surface area contributed by atoms with Crippen molar-refractivity contribution >= 4 is 27.2 Å². The van der Waals surface area contributed by atoms with Crippen LogP contribution in [-0.2, 0) is 14.8 Å². The molecular formula is C27H32N2O5S. The molecule has 1 aromatic heterocycles. The number of aldehydes is 1. The van der Waals surface area contributed by atoms with Gasteiger partial charge in [0.05, 0.1) is 16.3 Å². The number of hydrogen-bond acceptors (Lipinski definition) is 5. The lowest BCUT2D eigenvalue weighted by molar-refractivity contribution is -0.484. The van der Waals surface area contributed by atoms with E-state index in [1.165, 1.54) is 15.7 Å². The Morgan fingerprint density at radius 2 is 1.77 bits per heavy atom. The van der Waals surface area contributed by atoms with Crippen LogP contribution in [0.1, 0.15) is 50.7 Å². The Hall–Kier alpha value is -3.26. The van der Waals surface area contributed by atoms with Crippen molar-refractivity contribution in [1.82, 2.24) is 3.97 Å². The minimum atomic E-state index is -3.95. The van der Waals surface area contributed by atoms with Crippen molar-refractivity contribution in [3.63, 3.8) is 0 Å². The van der Waals surface area contributed by atoms with E-state index in [0.717, 1.165) is 18.3 Å². The largest absolute Gasteiger partial charge is 0.303 e. The molecule has 3 atom stereocenters. The fraction of sp³-hybridized carbons (Fsp3) is 0.370. The van der Waals surface area contributed by atoms with Gasteiger partial charge in [0.2, 0.25) is 6.54 Å². The van der Waals surface area contributed by atoms with E-state index in [0.29, 0.717) is 22.9 Å². The van der Waals surface area contributed by atoms with Crippen molar-refractivity contribution in [3.05, 3.63) is 87.6 Å². The second kappa shape index (κ2) is 11.0. The number of carbonyl (C=O) groups is 1. The van der Waals surface area contributed by atoms with Gasteiger partial charge in [-0.25, -0.2) is 12.4 Å². The van der Waals surface area contributed by atoms with Gasteiger partial charge in [0.15, 0.2) is 0 Å². The molecule has 2 aromatic carbocycles. The summed E-state index contributed by atoms with van der Waals surface area (Å²) >= 11 is 0. The first-order valence-corrected chi connectivity index (χ1v) is 13.1. The molecule has 0 saturated carbocycles. The molecule has 0 aliphatic heterocycles. The lowest BCUT2D eigenvalue weighted by atomic mass is 9.77. The average molecular weight is 497 g/mol. The number of carbonyl (C=O) groups excluding carboxylic acids is 1. The molecule has 0 N–H and O–H groups in total. The van der Waals surface area contributed by atoms with Crippen LogP contribution < -0.4 is 0 Å². The molecule has 0 spiro atoms. The standard InChI is InChI=1S/C27H32N2O5S/c1-19(2)8-7-9-21(4)26(18-30)25(17-29(31)32)24-16-28(27-11-6-5-10-23(24)27)35(33,34)22-14-12-20(3)13-15-22/h5-6,8,10-16,18,21,25-26H,7,9,17H2,1-4H3/t21?,25-,26-/m0/s1. The van der Waals surface area contributed by atoms with Gasteiger partial charge in [-0.05, 0) is 63.3 Å². The number of aromatic nitrogens is 1. The minimum absolute atomic E-state index is 0.121. The maximum Gasteiger partial charge on any atom is 0.268 e. The first-order chi connectivity index (χ1) is 16.6. The summed E-state index contributed by atoms with van der Waals surface area (Å²) in [5.41, 5.74) is 3.03. The molecule has 0 bridgehead atoms. The first-order valence-electron chi connectivity index (χ1n) is 11.7. The molecule has 0 radical (unpaired) electrons. The van der Waals surface area contributed by atoms with E-state index >= 15 is 0 Å². The Kier molecular flexibility index (Phi) is 8.27. The van der Waals surface area contributed by atoms with E-state index in [1.54, 1.807) is 48.5 Å². The number of nitrogens with zero attached hydrogens (tertiary/aromatic N) is 2. The van der Waals surface area contributed by atoms with Crippen molar-refractivity contribution in [2.45, 2.75) is 51.3 Å². The molecule has 186 valence electrons. The molecule has 0 aliphatic carbocycles. The second-order valence-corrected chi connectivity index (χ2v) is 11.2. The van der Waals surface area contributed by atoms with Crippen LogP contribution in [-0.4, -0.2) is 30.1 Å². The lowest BCUT2D eigenvalue weighted by Crippen LogP contribution is -2.27. The molecule has 35 heavy (non-hydrogen) atoms. The fourth-order valence-electron chi connectivity index (χ4n) is 4.53. The van der Waals surface area contributed by atoms with Gasteiger partial charge in [-0.2, -0.15) is 0 Å². The van der Waals surface area contributed by atoms with Crippen LogP contribution in [0.2, 0.25) is 0 Å². The Balaban J connectivity index is 2.14. The quantitative estimate of drug-likeness (QED) is 0.146. The van der Waals surface area contributed by atoms with E-state index in [9.17, 15) is 23.3 Å². The van der Waals surface area contributed by atoms with Gasteiger partial charge in [0, 0.05) is 22.4 Å². The van der Waals surface area contributed by atoms with Crippen LogP contribution >= 0.6 is 0 Å². The molecule has 3 aromatic rings. The summed E-state index contributed by atoms with van der Waals surface area (Å²) in [6.07, 6.45) is 5.81. The molecule has 3 rings (SSSR count). The molecule has 0 saturated heterocycles. The molecule has 7 nitrogen and oxygen atoms in total. The monoisotopic (exact) mass is 496 g/mol. The molecule has 1 unspecified atom stereocenters. The van der Waals surface area contributed by atoms with E-state index < -0.39 is 33.3 Å². The van der Waals surface area contributed by atoms with Crippen LogP contribution in [0.4, 0.5) is 0 Å². The second-order valence-electron chi connectivity index (χ2n) is 9.39. The van der Waals surface area contributed by atoms with Crippen LogP contribution in [0.25, 0.3) is 10.9 Å². The molecule has 8 heteroatoms. The zero-order chi connectivity index (χ0) is 25.8. The Morgan fingerprint density at radius 1 is 1.11 bits per heavy atom. The van der Waals surface area contributed by atoms with Crippen molar-refractivity contribution < 1.29 is 18.1 Å². The normalized spacial score (nSPS) is 14.3. The number of aryl methyl sites for hydroxylation is 1. The molecule has 0 fully saturated rings. The lowest BCUT2D eigenvalue weighted by Gasteiger charge is -2.25. The number of benzene rings is 2. The topological polar surface area (TPSA) is 99.3 Å². The number of para-hydroxylation sites is 1. The highest BCUT2D eigenvalue weighted by molar-refractivity contribution is 7.90. The van der Waals surface area contributed by atoms with E-state index in [1.807, 2.05) is 27.7 Å². The summed E-state index contributed by atoms with van der Waals surface area (Å²) in [7, 11) is -3.95. The van der Waals surface area contributed by atoms with Crippen LogP contribution in [0, 0.1) is 28.9 Å². The maximum absolute atomic E-state index is 13.5. The SMILES string of the molecule is CC(C)=CCCC(C)[C@H](C=O)[C@@H](C[N+](=O)[O-])c1cn(S(=O)(=O)c2ccc(C)cc2)c2ccccc12. The van der Waals surface area contributed by atoms with Crippen LogP contribution in [0.3, 0.4) is 0 Å². The van der Waals surface area contributed by atoms with E-state index in [2.05, 4.69) is 6.08 Å². The summed E-state index contributed by atoms with van der Waals surface area (Å²) in [5.74, 6) is -1.51. The van der Waals surface area contributed by atoms with Gasteiger partial charge in [-0.1, -0.05) is 54.5 Å². The van der Waals surface area contributed by atoms with Gasteiger partial charge in [-0.3, -0.25) is 10.1 Å². The Morgan fingerprint density at radius 3 is 2.37 bits per heavy atom. The third-order valence-corrected chi connectivity index (χ3v) is 8.17. The van der Waals surface area contributed by atoms with Crippen LogP contribution in [0.15, 0.2) is 71.3 Å². The van der Waals surface area contributed by atoms with Crippen molar-refractivity contribution in [2.24, 2.45) is 11.8 Å². The summed E-state index contributed by atoms with van der Waals surface area (Å²) in [6.45, 7) is 7.34. The predicted octanol–water partition coefficient (Wildman–Crippen LogP) is 5.74. The highest BCUT2D eigenvalue weighted by atomic mass is 32.2. The Labute approximate surface area is 206 Å². The zero-order valence-corrected chi connectivity index (χ0v) is 21.4. The Bertz CT molecular complexity index is 1340. The van der Waals surface area contributed by atoms with Gasteiger partial charge >= 0.3 is 0 Å². The highest BCUT2D eigenvalue weighted by Crippen LogP contribution is 2.38. The maximum atomic E-state index is 13.5. The zero-order valence-electron chi connectivity index (χ0n) is 20.5. The predicted molar refractivity (Wildman–Crippen MR) is 138 cm³/mol. The van der Waals surface area contributed by atoms with E-state index in [-0.39, 0.29) is 10.8 Å². The third-order valence-electron chi connectivity index (χ3n) is 6.49. The van der Waals surface area contributed by atoms with Gasteiger partial charge in [0.25, 0.3) is 10.0 Å². The van der Waals surface area contributed by atoms with Crippen molar-refractivity contribution in [1.29, 1.82) is 0 Å². The molecular weight excluding hydrogens is 464 g/mol. The molecule has 1 heterocycles. The number of allylic oxidation sites excluding steroid dienone is 2. The van der Waals surface area contributed by atoms with Crippen LogP contribution in [0.5, 0.6) is 0 Å². The van der Waals surface area contributed by atoms with E-state index in [4.69, 9.17) is 0 Å². The summed E-state index contributed by atoms with van der Waals surface area (Å²) in [5, 5.41) is 12.3.